The minimum Gasteiger partial charge on any atom is -0.373 e. The highest BCUT2D eigenvalue weighted by Crippen LogP contribution is 2.35. The number of aromatic nitrogens is 2. The highest BCUT2D eigenvalue weighted by Gasteiger charge is 2.28. The molecule has 1 aromatic rings. The van der Waals surface area contributed by atoms with E-state index in [0.717, 1.165) is 0 Å². The van der Waals surface area contributed by atoms with E-state index in [1.807, 2.05) is 0 Å². The molecule has 1 aromatic heterocycles. The van der Waals surface area contributed by atoms with Crippen molar-refractivity contribution in [2.24, 2.45) is 5.92 Å². The number of nitriles is 1. The van der Waals surface area contributed by atoms with Gasteiger partial charge < -0.3 is 9.26 Å². The molecule has 1 unspecified atom stereocenters. The molecule has 1 heterocycles. The van der Waals surface area contributed by atoms with Crippen molar-refractivity contribution in [3.63, 3.8) is 0 Å². The molecule has 0 radical (unpaired) electrons. The van der Waals surface area contributed by atoms with Crippen LogP contribution in [0.15, 0.2) is 4.52 Å². The fraction of sp³-hybridized carbons (Fsp3) is 0.769. The van der Waals surface area contributed by atoms with Crippen LogP contribution in [0.4, 0.5) is 0 Å². The predicted octanol–water partition coefficient (Wildman–Crippen LogP) is 3.09. The Morgan fingerprint density at radius 2 is 2.26 bits per heavy atom. The first-order valence-electron chi connectivity index (χ1n) is 6.65. The zero-order valence-corrected chi connectivity index (χ0v) is 12.0. The van der Waals surface area contributed by atoms with Crippen molar-refractivity contribution in [2.45, 2.75) is 44.0 Å². The van der Waals surface area contributed by atoms with E-state index in [9.17, 15) is 0 Å². The lowest BCUT2D eigenvalue weighted by Crippen LogP contribution is -2.19. The van der Waals surface area contributed by atoms with E-state index >= 15 is 0 Å². The Labute approximate surface area is 117 Å². The van der Waals surface area contributed by atoms with E-state index in [2.05, 4.69) is 16.2 Å². The molecule has 1 aliphatic carbocycles. The van der Waals surface area contributed by atoms with E-state index < -0.39 is 0 Å². The summed E-state index contributed by atoms with van der Waals surface area (Å²) in [6.45, 7) is 0. The lowest BCUT2D eigenvalue weighted by Gasteiger charge is -2.26. The SMILES string of the molecule is COC(c1noc(CSCC#N)n1)C1CCCCC1. The van der Waals surface area contributed by atoms with Gasteiger partial charge in [-0.3, -0.25) is 0 Å². The van der Waals surface area contributed by atoms with Gasteiger partial charge in [-0.2, -0.15) is 10.2 Å². The van der Waals surface area contributed by atoms with Crippen molar-refractivity contribution in [1.29, 1.82) is 5.26 Å². The second-order valence-electron chi connectivity index (χ2n) is 4.75. The van der Waals surface area contributed by atoms with E-state index in [-0.39, 0.29) is 6.10 Å². The van der Waals surface area contributed by atoms with Crippen LogP contribution >= 0.6 is 11.8 Å². The Balaban J connectivity index is 1.96. The number of hydrogen-bond donors (Lipinski definition) is 0. The lowest BCUT2D eigenvalue weighted by atomic mass is 9.85. The number of ether oxygens (including phenoxy) is 1. The average Bonchev–Trinajstić information content (AvgIpc) is 2.90. The zero-order chi connectivity index (χ0) is 13.5. The summed E-state index contributed by atoms with van der Waals surface area (Å²) in [5.41, 5.74) is 0. The molecule has 0 saturated heterocycles. The van der Waals surface area contributed by atoms with Gasteiger partial charge >= 0.3 is 0 Å². The third-order valence-corrected chi connectivity index (χ3v) is 4.25. The van der Waals surface area contributed by atoms with Crippen LogP contribution in [-0.4, -0.2) is 23.0 Å². The minimum absolute atomic E-state index is 0.0567. The molecule has 0 spiro atoms. The maximum absolute atomic E-state index is 8.49. The molecular formula is C13H19N3O2S. The Morgan fingerprint density at radius 3 is 2.95 bits per heavy atom. The van der Waals surface area contributed by atoms with Gasteiger partial charge in [0.1, 0.15) is 6.10 Å². The summed E-state index contributed by atoms with van der Waals surface area (Å²) >= 11 is 1.48. The summed E-state index contributed by atoms with van der Waals surface area (Å²) in [4.78, 5) is 4.40. The maximum atomic E-state index is 8.49. The largest absolute Gasteiger partial charge is 0.373 e. The topological polar surface area (TPSA) is 71.9 Å². The van der Waals surface area contributed by atoms with E-state index in [0.29, 0.717) is 29.1 Å². The van der Waals surface area contributed by atoms with Gasteiger partial charge in [-0.15, -0.1) is 11.8 Å². The van der Waals surface area contributed by atoms with Gasteiger partial charge in [0.15, 0.2) is 0 Å². The van der Waals surface area contributed by atoms with Crippen molar-refractivity contribution in [3.05, 3.63) is 11.7 Å². The molecule has 19 heavy (non-hydrogen) atoms. The van der Waals surface area contributed by atoms with Crippen molar-refractivity contribution in [2.75, 3.05) is 12.9 Å². The quantitative estimate of drug-likeness (QED) is 0.746. The molecule has 1 saturated carbocycles. The standard InChI is InChI=1S/C13H19N3O2S/c1-17-12(10-5-3-2-4-6-10)13-15-11(18-16-13)9-19-8-7-14/h10,12H,2-6,8-9H2,1H3. The van der Waals surface area contributed by atoms with Crippen molar-refractivity contribution >= 4 is 11.8 Å². The van der Waals surface area contributed by atoms with Crippen LogP contribution in [0.25, 0.3) is 0 Å². The van der Waals surface area contributed by atoms with Gasteiger partial charge in [0.2, 0.25) is 11.7 Å². The Hall–Kier alpha value is -1.06. The summed E-state index contributed by atoms with van der Waals surface area (Å²) < 4.78 is 10.8. The molecular weight excluding hydrogens is 262 g/mol. The molecule has 6 heteroatoms. The first-order chi connectivity index (χ1) is 9.35. The summed E-state index contributed by atoms with van der Waals surface area (Å²) in [5, 5.41) is 12.5. The second kappa shape index (κ2) is 7.51. The van der Waals surface area contributed by atoms with Crippen LogP contribution in [0.3, 0.4) is 0 Å². The maximum Gasteiger partial charge on any atom is 0.236 e. The summed E-state index contributed by atoms with van der Waals surface area (Å²) in [6.07, 6.45) is 6.12. The molecule has 0 bridgehead atoms. The van der Waals surface area contributed by atoms with Crippen LogP contribution < -0.4 is 0 Å². The normalized spacial score (nSPS) is 18.1. The number of methoxy groups -OCH3 is 1. The average molecular weight is 281 g/mol. The molecule has 0 N–H and O–H groups in total. The Bertz CT molecular complexity index is 424. The molecule has 0 aliphatic heterocycles. The van der Waals surface area contributed by atoms with Gasteiger partial charge in [0, 0.05) is 7.11 Å². The fourth-order valence-corrected chi connectivity index (χ4v) is 3.06. The third-order valence-electron chi connectivity index (χ3n) is 3.46. The van der Waals surface area contributed by atoms with E-state index in [4.69, 9.17) is 14.5 Å². The minimum atomic E-state index is -0.0567. The second-order valence-corrected chi connectivity index (χ2v) is 5.74. The first kappa shape index (κ1) is 14.4. The van der Waals surface area contributed by atoms with Crippen LogP contribution in [0.1, 0.15) is 49.9 Å². The summed E-state index contributed by atoms with van der Waals surface area (Å²) in [6, 6.07) is 2.08. The van der Waals surface area contributed by atoms with Crippen LogP contribution in [0, 0.1) is 17.2 Å². The van der Waals surface area contributed by atoms with Crippen molar-refractivity contribution in [3.8, 4) is 6.07 Å². The van der Waals surface area contributed by atoms with Gasteiger partial charge in [-0.1, -0.05) is 24.4 Å². The number of rotatable bonds is 6. The van der Waals surface area contributed by atoms with Crippen LogP contribution in [0.2, 0.25) is 0 Å². The summed E-state index contributed by atoms with van der Waals surface area (Å²) in [7, 11) is 1.71. The molecule has 5 nitrogen and oxygen atoms in total. The van der Waals surface area contributed by atoms with Gasteiger partial charge in [-0.05, 0) is 18.8 Å². The number of thioether (sulfide) groups is 1. The van der Waals surface area contributed by atoms with Crippen LogP contribution in [-0.2, 0) is 10.5 Å². The third kappa shape index (κ3) is 3.95. The van der Waals surface area contributed by atoms with Crippen molar-refractivity contribution < 1.29 is 9.26 Å². The molecule has 2 rings (SSSR count). The predicted molar refractivity (Wildman–Crippen MR) is 72.4 cm³/mol. The van der Waals surface area contributed by atoms with Crippen LogP contribution in [0.5, 0.6) is 0 Å². The highest BCUT2D eigenvalue weighted by molar-refractivity contribution is 7.98. The molecule has 0 aromatic carbocycles. The molecule has 0 amide bonds. The van der Waals surface area contributed by atoms with Crippen molar-refractivity contribution in [1.82, 2.24) is 10.1 Å². The molecule has 104 valence electrons. The Morgan fingerprint density at radius 1 is 1.47 bits per heavy atom. The lowest BCUT2D eigenvalue weighted by molar-refractivity contribution is 0.0273. The molecule has 1 fully saturated rings. The van der Waals surface area contributed by atoms with Gasteiger partial charge in [0.25, 0.3) is 0 Å². The number of nitrogens with zero attached hydrogens (tertiary/aromatic N) is 3. The zero-order valence-electron chi connectivity index (χ0n) is 11.2. The fourth-order valence-electron chi connectivity index (χ4n) is 2.57. The van der Waals surface area contributed by atoms with Gasteiger partial charge in [-0.25, -0.2) is 0 Å². The van der Waals surface area contributed by atoms with E-state index in [1.165, 1.54) is 43.9 Å². The summed E-state index contributed by atoms with van der Waals surface area (Å²) in [5.74, 6) is 2.75. The Kier molecular flexibility index (Phi) is 5.67. The highest BCUT2D eigenvalue weighted by atomic mass is 32.2. The first-order valence-corrected chi connectivity index (χ1v) is 7.80. The van der Waals surface area contributed by atoms with E-state index in [1.54, 1.807) is 7.11 Å². The molecule has 1 aliphatic rings. The number of hydrogen-bond acceptors (Lipinski definition) is 6. The van der Waals surface area contributed by atoms with Gasteiger partial charge in [0.05, 0.1) is 17.6 Å². The smallest absolute Gasteiger partial charge is 0.236 e. The monoisotopic (exact) mass is 281 g/mol. The molecule has 1 atom stereocenters.